The second-order valence-electron chi connectivity index (χ2n) is 6.57. The molecule has 0 saturated carbocycles. The first kappa shape index (κ1) is 18.9. The zero-order chi connectivity index (χ0) is 15.5. The normalized spacial score (nSPS) is 26.9. The molecule has 2 unspecified atom stereocenters. The van der Waals surface area contributed by atoms with Gasteiger partial charge in [-0.05, 0) is 65.2 Å². The first-order chi connectivity index (χ1) is 10.2. The maximum atomic E-state index is 5.49. The third kappa shape index (κ3) is 8.77. The zero-order valence-electron chi connectivity index (χ0n) is 14.6. The Morgan fingerprint density at radius 2 is 1.38 bits per heavy atom. The molecule has 0 radical (unpaired) electrons. The molecule has 21 heavy (non-hydrogen) atoms. The minimum atomic E-state index is 0.796. The highest BCUT2D eigenvalue weighted by molar-refractivity contribution is 4.72. The van der Waals surface area contributed by atoms with Gasteiger partial charge in [-0.2, -0.15) is 0 Å². The largest absolute Gasteiger partial charge is 0.381 e. The van der Waals surface area contributed by atoms with E-state index in [4.69, 9.17) is 9.47 Å². The van der Waals surface area contributed by atoms with Crippen molar-refractivity contribution in [2.24, 2.45) is 11.8 Å². The topological polar surface area (TPSA) is 24.9 Å². The predicted octanol–water partition coefficient (Wildman–Crippen LogP) is 2.34. The second-order valence-corrected chi connectivity index (χ2v) is 6.57. The lowest BCUT2D eigenvalue weighted by atomic mass is 10.1. The Bertz CT molecular complexity index is 251. The number of hydrogen-bond acceptors (Lipinski definition) is 4. The Morgan fingerprint density at radius 3 is 1.76 bits per heavy atom. The van der Waals surface area contributed by atoms with Crippen molar-refractivity contribution in [2.45, 2.75) is 33.1 Å². The maximum absolute atomic E-state index is 5.49. The molecule has 0 amide bonds. The van der Waals surface area contributed by atoms with E-state index >= 15 is 0 Å². The summed E-state index contributed by atoms with van der Waals surface area (Å²) in [7, 11) is 4.35. The van der Waals surface area contributed by atoms with Gasteiger partial charge in [-0.3, -0.25) is 0 Å². The van der Waals surface area contributed by atoms with E-state index in [1.807, 2.05) is 0 Å². The predicted molar refractivity (Wildman–Crippen MR) is 88.8 cm³/mol. The van der Waals surface area contributed by atoms with Crippen LogP contribution < -0.4 is 0 Å². The molecule has 2 atom stereocenters. The van der Waals surface area contributed by atoms with Gasteiger partial charge in [0.1, 0.15) is 0 Å². The van der Waals surface area contributed by atoms with Crippen LogP contribution in [-0.2, 0) is 9.47 Å². The quantitative estimate of drug-likeness (QED) is 0.674. The molecule has 0 N–H and O–H groups in total. The van der Waals surface area contributed by atoms with E-state index in [1.54, 1.807) is 0 Å². The van der Waals surface area contributed by atoms with Crippen LogP contribution in [0.4, 0.5) is 0 Å². The summed E-state index contributed by atoms with van der Waals surface area (Å²) in [4.78, 5) is 4.74. The van der Waals surface area contributed by atoms with Crippen LogP contribution in [0.3, 0.4) is 0 Å². The van der Waals surface area contributed by atoms with Gasteiger partial charge in [0.15, 0.2) is 0 Å². The van der Waals surface area contributed by atoms with Gasteiger partial charge in [0.2, 0.25) is 0 Å². The lowest BCUT2D eigenvalue weighted by molar-refractivity contribution is 0.103. The molecular weight excluding hydrogens is 264 g/mol. The van der Waals surface area contributed by atoms with E-state index < -0.39 is 0 Å². The highest BCUT2D eigenvalue weighted by atomic mass is 16.5. The van der Waals surface area contributed by atoms with E-state index in [2.05, 4.69) is 37.7 Å². The van der Waals surface area contributed by atoms with Gasteiger partial charge in [-0.25, -0.2) is 0 Å². The van der Waals surface area contributed by atoms with Crippen molar-refractivity contribution in [3.8, 4) is 0 Å². The SMILES string of the molecule is CCCOCC1CCN(C)C1.CCOCC1CCN(C)C1. The number of nitrogens with zero attached hydrogens (tertiary/aromatic N) is 2. The summed E-state index contributed by atoms with van der Waals surface area (Å²) in [6, 6.07) is 0. The monoisotopic (exact) mass is 300 g/mol. The summed E-state index contributed by atoms with van der Waals surface area (Å²) in [6.07, 6.45) is 3.78. The van der Waals surface area contributed by atoms with Crippen molar-refractivity contribution in [3.05, 3.63) is 0 Å². The molecule has 4 nitrogen and oxygen atoms in total. The van der Waals surface area contributed by atoms with Crippen molar-refractivity contribution in [2.75, 3.05) is 66.7 Å². The summed E-state index contributed by atoms with van der Waals surface area (Å²) in [5, 5.41) is 0. The molecule has 0 aromatic heterocycles. The summed E-state index contributed by atoms with van der Waals surface area (Å²) >= 11 is 0. The van der Waals surface area contributed by atoms with E-state index in [0.717, 1.165) is 44.7 Å². The van der Waals surface area contributed by atoms with Gasteiger partial charge in [-0.1, -0.05) is 6.92 Å². The van der Waals surface area contributed by atoms with E-state index in [1.165, 1.54) is 39.0 Å². The minimum absolute atomic E-state index is 0.796. The van der Waals surface area contributed by atoms with Crippen molar-refractivity contribution < 1.29 is 9.47 Å². The molecule has 2 rings (SSSR count). The highest BCUT2D eigenvalue weighted by Crippen LogP contribution is 2.14. The Kier molecular flexibility index (Phi) is 10.3. The summed E-state index contributed by atoms with van der Waals surface area (Å²) in [6.45, 7) is 12.9. The number of ether oxygens (including phenoxy) is 2. The summed E-state index contributed by atoms with van der Waals surface area (Å²) < 4.78 is 10.8. The molecule has 2 fully saturated rings. The molecule has 0 spiro atoms. The van der Waals surface area contributed by atoms with Crippen LogP contribution in [0.2, 0.25) is 0 Å². The Hall–Kier alpha value is -0.160. The molecule has 0 aromatic rings. The van der Waals surface area contributed by atoms with Crippen LogP contribution in [0.1, 0.15) is 33.1 Å². The molecular formula is C17H36N2O2. The van der Waals surface area contributed by atoms with Crippen molar-refractivity contribution in [1.29, 1.82) is 0 Å². The number of likely N-dealkylation sites (tertiary alicyclic amines) is 2. The summed E-state index contributed by atoms with van der Waals surface area (Å²) in [5.74, 6) is 1.59. The molecule has 4 heteroatoms. The zero-order valence-corrected chi connectivity index (χ0v) is 14.6. The second kappa shape index (κ2) is 11.4. The standard InChI is InChI=1S/C9H19NO.C8H17NO/c1-3-6-11-8-9-4-5-10(2)7-9;1-3-10-7-8-4-5-9(2)6-8/h9H,3-8H2,1-2H3;8H,3-7H2,1-2H3. The lowest BCUT2D eigenvalue weighted by Crippen LogP contribution is -2.16. The van der Waals surface area contributed by atoms with Crippen molar-refractivity contribution in [3.63, 3.8) is 0 Å². The molecule has 2 aliphatic rings. The number of rotatable bonds is 7. The Balaban J connectivity index is 0.000000211. The molecule has 126 valence electrons. The van der Waals surface area contributed by atoms with Gasteiger partial charge >= 0.3 is 0 Å². The fourth-order valence-corrected chi connectivity index (χ4v) is 3.00. The lowest BCUT2D eigenvalue weighted by Gasteiger charge is -2.09. The molecule has 0 aromatic carbocycles. The molecule has 2 heterocycles. The third-order valence-electron chi connectivity index (χ3n) is 4.24. The van der Waals surface area contributed by atoms with Gasteiger partial charge in [0.05, 0.1) is 13.2 Å². The van der Waals surface area contributed by atoms with E-state index in [9.17, 15) is 0 Å². The summed E-state index contributed by atoms with van der Waals surface area (Å²) in [5.41, 5.74) is 0. The first-order valence-electron chi connectivity index (χ1n) is 8.68. The average molecular weight is 300 g/mol. The van der Waals surface area contributed by atoms with Crippen molar-refractivity contribution in [1.82, 2.24) is 9.80 Å². The van der Waals surface area contributed by atoms with Crippen molar-refractivity contribution >= 4 is 0 Å². The smallest absolute Gasteiger partial charge is 0.0506 e. The third-order valence-corrected chi connectivity index (χ3v) is 4.24. The Labute approximate surface area is 131 Å². The van der Waals surface area contributed by atoms with E-state index in [-0.39, 0.29) is 0 Å². The fraction of sp³-hybridized carbons (Fsp3) is 1.00. The molecule has 0 aliphatic carbocycles. The Morgan fingerprint density at radius 1 is 0.857 bits per heavy atom. The maximum Gasteiger partial charge on any atom is 0.0506 e. The molecule has 2 saturated heterocycles. The van der Waals surface area contributed by atoms with Crippen LogP contribution in [0.15, 0.2) is 0 Å². The van der Waals surface area contributed by atoms with Crippen LogP contribution in [-0.4, -0.2) is 76.5 Å². The molecule has 0 bridgehead atoms. The van der Waals surface area contributed by atoms with Gasteiger partial charge < -0.3 is 19.3 Å². The van der Waals surface area contributed by atoms with Gasteiger partial charge in [-0.15, -0.1) is 0 Å². The minimum Gasteiger partial charge on any atom is -0.381 e. The van der Waals surface area contributed by atoms with Crippen LogP contribution in [0, 0.1) is 11.8 Å². The first-order valence-corrected chi connectivity index (χ1v) is 8.68. The highest BCUT2D eigenvalue weighted by Gasteiger charge is 2.19. The average Bonchev–Trinajstić information content (AvgIpc) is 3.06. The number of hydrogen-bond donors (Lipinski definition) is 0. The van der Waals surface area contributed by atoms with Gasteiger partial charge in [0, 0.05) is 26.3 Å². The van der Waals surface area contributed by atoms with Crippen LogP contribution in [0.5, 0.6) is 0 Å². The molecule has 2 aliphatic heterocycles. The van der Waals surface area contributed by atoms with Crippen LogP contribution in [0.25, 0.3) is 0 Å². The van der Waals surface area contributed by atoms with Crippen LogP contribution >= 0.6 is 0 Å². The van der Waals surface area contributed by atoms with E-state index in [0.29, 0.717) is 0 Å². The van der Waals surface area contributed by atoms with Gasteiger partial charge in [0.25, 0.3) is 0 Å². The fourth-order valence-electron chi connectivity index (χ4n) is 3.00.